The molecule has 1 fully saturated rings. The highest BCUT2D eigenvalue weighted by molar-refractivity contribution is 7.13. The van der Waals surface area contributed by atoms with Gasteiger partial charge in [-0.1, -0.05) is 12.1 Å². The molecule has 6 heteroatoms. The summed E-state index contributed by atoms with van der Waals surface area (Å²) in [6.45, 7) is 6.35. The fourth-order valence-electron chi connectivity index (χ4n) is 2.98. The van der Waals surface area contributed by atoms with E-state index >= 15 is 0 Å². The van der Waals surface area contributed by atoms with Crippen LogP contribution >= 0.6 is 11.3 Å². The fourth-order valence-corrected chi connectivity index (χ4v) is 3.68. The van der Waals surface area contributed by atoms with Gasteiger partial charge >= 0.3 is 0 Å². The Morgan fingerprint density at radius 3 is 2.79 bits per heavy atom. The normalized spacial score (nSPS) is 16.1. The van der Waals surface area contributed by atoms with Crippen LogP contribution in [-0.4, -0.2) is 41.5 Å². The Morgan fingerprint density at radius 2 is 2.12 bits per heavy atom. The third-order valence-corrected chi connectivity index (χ3v) is 5.08. The Morgan fingerprint density at radius 1 is 1.33 bits per heavy atom. The maximum absolute atomic E-state index is 12.1. The third kappa shape index (κ3) is 4.79. The van der Waals surface area contributed by atoms with Gasteiger partial charge in [-0.3, -0.25) is 9.69 Å². The van der Waals surface area contributed by atoms with E-state index in [4.69, 9.17) is 0 Å². The number of anilines is 2. The lowest BCUT2D eigenvalue weighted by Crippen LogP contribution is -2.42. The summed E-state index contributed by atoms with van der Waals surface area (Å²) in [5, 5.41) is 9.11. The van der Waals surface area contributed by atoms with E-state index in [1.54, 1.807) is 0 Å². The van der Waals surface area contributed by atoms with Gasteiger partial charge in [0.1, 0.15) is 0 Å². The summed E-state index contributed by atoms with van der Waals surface area (Å²) in [5.41, 5.74) is 3.40. The first-order chi connectivity index (χ1) is 11.6. The highest BCUT2D eigenvalue weighted by Gasteiger charge is 2.21. The Kier molecular flexibility index (Phi) is 5.48. The van der Waals surface area contributed by atoms with Crippen molar-refractivity contribution >= 4 is 28.1 Å². The molecule has 1 amide bonds. The number of aryl methyl sites for hydroxylation is 2. The summed E-state index contributed by atoms with van der Waals surface area (Å²) in [6.07, 6.45) is 2.11. The monoisotopic (exact) mass is 344 g/mol. The van der Waals surface area contributed by atoms with Gasteiger partial charge in [0, 0.05) is 30.2 Å². The number of carbonyl (C=O) groups is 1. The van der Waals surface area contributed by atoms with Crippen molar-refractivity contribution in [3.63, 3.8) is 0 Å². The molecule has 2 heterocycles. The molecule has 2 N–H and O–H groups in total. The summed E-state index contributed by atoms with van der Waals surface area (Å²) >= 11 is 1.47. The topological polar surface area (TPSA) is 57.3 Å². The molecule has 1 aromatic heterocycles. The van der Waals surface area contributed by atoms with Gasteiger partial charge in [-0.05, 0) is 44.4 Å². The molecule has 0 bridgehead atoms. The first kappa shape index (κ1) is 16.9. The summed E-state index contributed by atoms with van der Waals surface area (Å²) in [6, 6.07) is 8.96. The van der Waals surface area contributed by atoms with Gasteiger partial charge in [-0.15, -0.1) is 11.3 Å². The van der Waals surface area contributed by atoms with Gasteiger partial charge in [0.15, 0.2) is 5.13 Å². The molecule has 0 spiro atoms. The number of benzene rings is 1. The molecule has 2 aromatic rings. The Hall–Kier alpha value is -1.92. The van der Waals surface area contributed by atoms with Crippen molar-refractivity contribution in [2.24, 2.45) is 0 Å². The zero-order valence-electron chi connectivity index (χ0n) is 14.2. The minimum atomic E-state index is 0.0226. The highest BCUT2D eigenvalue weighted by Crippen LogP contribution is 2.18. The molecule has 0 unspecified atom stereocenters. The largest absolute Gasteiger partial charge is 0.382 e. The van der Waals surface area contributed by atoms with Crippen LogP contribution in [0.3, 0.4) is 0 Å². The van der Waals surface area contributed by atoms with Crippen LogP contribution in [-0.2, 0) is 4.79 Å². The van der Waals surface area contributed by atoms with E-state index < -0.39 is 0 Å². The van der Waals surface area contributed by atoms with Crippen molar-refractivity contribution in [3.8, 4) is 0 Å². The number of piperidine rings is 1. The van der Waals surface area contributed by atoms with Crippen LogP contribution in [0.5, 0.6) is 0 Å². The van der Waals surface area contributed by atoms with Crippen LogP contribution in [0.25, 0.3) is 0 Å². The maximum Gasteiger partial charge on any atom is 0.240 e. The zero-order chi connectivity index (χ0) is 16.9. The van der Waals surface area contributed by atoms with E-state index in [2.05, 4.69) is 51.7 Å². The van der Waals surface area contributed by atoms with Crippen LogP contribution in [0.2, 0.25) is 0 Å². The van der Waals surface area contributed by atoms with Crippen molar-refractivity contribution in [1.29, 1.82) is 0 Å². The number of hydrogen-bond donors (Lipinski definition) is 2. The van der Waals surface area contributed by atoms with E-state index in [0.717, 1.165) is 31.6 Å². The van der Waals surface area contributed by atoms with Crippen molar-refractivity contribution in [2.75, 3.05) is 30.3 Å². The molecule has 0 atom stereocenters. The molecule has 128 valence electrons. The molecule has 5 nitrogen and oxygen atoms in total. The quantitative estimate of drug-likeness (QED) is 0.874. The molecule has 0 saturated carbocycles. The van der Waals surface area contributed by atoms with Gasteiger partial charge in [0.2, 0.25) is 5.91 Å². The zero-order valence-corrected chi connectivity index (χ0v) is 15.0. The number of nitrogens with one attached hydrogen (secondary N) is 2. The molecule has 0 aliphatic carbocycles. The minimum absolute atomic E-state index is 0.0226. The molecule has 3 rings (SSSR count). The number of carbonyl (C=O) groups excluding carboxylic acids is 1. The van der Waals surface area contributed by atoms with Gasteiger partial charge in [-0.25, -0.2) is 4.98 Å². The fraction of sp³-hybridized carbons (Fsp3) is 0.444. The standard InChI is InChI=1S/C18H24N4OS/c1-13-4-3-5-16(10-13)20-15-6-8-22(9-7-15)11-17(23)21-18-19-14(2)12-24-18/h3-5,10,12,15,20H,6-9,11H2,1-2H3,(H,19,21,23). The van der Waals surface area contributed by atoms with Gasteiger partial charge in [-0.2, -0.15) is 0 Å². The number of likely N-dealkylation sites (tertiary alicyclic amines) is 1. The minimum Gasteiger partial charge on any atom is -0.382 e. The van der Waals surface area contributed by atoms with Gasteiger partial charge < -0.3 is 10.6 Å². The summed E-state index contributed by atoms with van der Waals surface area (Å²) in [7, 11) is 0. The molecular weight excluding hydrogens is 320 g/mol. The smallest absolute Gasteiger partial charge is 0.240 e. The predicted molar refractivity (Wildman–Crippen MR) is 99.7 cm³/mol. The number of amides is 1. The lowest BCUT2D eigenvalue weighted by atomic mass is 10.0. The van der Waals surface area contributed by atoms with E-state index in [1.807, 2.05) is 12.3 Å². The highest BCUT2D eigenvalue weighted by atomic mass is 32.1. The van der Waals surface area contributed by atoms with Crippen LogP contribution in [0, 0.1) is 13.8 Å². The average molecular weight is 344 g/mol. The molecule has 0 radical (unpaired) electrons. The van der Waals surface area contributed by atoms with Crippen LogP contribution in [0.1, 0.15) is 24.1 Å². The molecule has 1 aromatic carbocycles. The molecule has 1 aliphatic rings. The van der Waals surface area contributed by atoms with E-state index in [1.165, 1.54) is 22.6 Å². The summed E-state index contributed by atoms with van der Waals surface area (Å²) in [4.78, 5) is 18.6. The van der Waals surface area contributed by atoms with Crippen LogP contribution in [0.15, 0.2) is 29.6 Å². The van der Waals surface area contributed by atoms with Crippen LogP contribution < -0.4 is 10.6 Å². The van der Waals surface area contributed by atoms with Crippen molar-refractivity contribution in [2.45, 2.75) is 32.7 Å². The van der Waals surface area contributed by atoms with E-state index in [9.17, 15) is 4.79 Å². The van der Waals surface area contributed by atoms with E-state index in [-0.39, 0.29) is 5.91 Å². The predicted octanol–water partition coefficient (Wildman–Crippen LogP) is 3.27. The van der Waals surface area contributed by atoms with Crippen molar-refractivity contribution < 1.29 is 4.79 Å². The number of nitrogens with zero attached hydrogens (tertiary/aromatic N) is 2. The van der Waals surface area contributed by atoms with Crippen molar-refractivity contribution in [3.05, 3.63) is 40.9 Å². The molecule has 1 aliphatic heterocycles. The van der Waals surface area contributed by atoms with Crippen LogP contribution in [0.4, 0.5) is 10.8 Å². The summed E-state index contributed by atoms with van der Waals surface area (Å²) in [5.74, 6) is 0.0226. The first-order valence-corrected chi connectivity index (χ1v) is 9.24. The lowest BCUT2D eigenvalue weighted by Gasteiger charge is -2.32. The lowest BCUT2D eigenvalue weighted by molar-refractivity contribution is -0.117. The average Bonchev–Trinajstić information content (AvgIpc) is 2.94. The van der Waals surface area contributed by atoms with Gasteiger partial charge in [0.25, 0.3) is 0 Å². The molecule has 1 saturated heterocycles. The summed E-state index contributed by atoms with van der Waals surface area (Å²) < 4.78 is 0. The Labute approximate surface area is 147 Å². The second-order valence-electron chi connectivity index (χ2n) is 6.41. The number of hydrogen-bond acceptors (Lipinski definition) is 5. The number of aromatic nitrogens is 1. The second-order valence-corrected chi connectivity index (χ2v) is 7.26. The first-order valence-electron chi connectivity index (χ1n) is 8.36. The maximum atomic E-state index is 12.1. The Balaban J connectivity index is 1.42. The molecular formula is C18H24N4OS. The third-order valence-electron chi connectivity index (χ3n) is 4.21. The number of thiazole rings is 1. The molecule has 24 heavy (non-hydrogen) atoms. The number of rotatable bonds is 5. The Bertz CT molecular complexity index is 692. The van der Waals surface area contributed by atoms with Gasteiger partial charge in [0.05, 0.1) is 12.2 Å². The van der Waals surface area contributed by atoms with Crippen molar-refractivity contribution in [1.82, 2.24) is 9.88 Å². The van der Waals surface area contributed by atoms with E-state index in [0.29, 0.717) is 17.7 Å². The second kappa shape index (κ2) is 7.77. The SMILES string of the molecule is Cc1cccc(NC2CCN(CC(=O)Nc3nc(C)cs3)CC2)c1.